The molecule has 6 heteroatoms. The van der Waals surface area contributed by atoms with Crippen LogP contribution in [0.1, 0.15) is 17.4 Å². The molecule has 0 saturated carbocycles. The van der Waals surface area contributed by atoms with Gasteiger partial charge in [0.05, 0.1) is 23.5 Å². The minimum Gasteiger partial charge on any atom is -0.374 e. The van der Waals surface area contributed by atoms with Crippen molar-refractivity contribution >= 4 is 5.65 Å². The normalized spacial score (nSPS) is 16.2. The third-order valence-electron chi connectivity index (χ3n) is 6.24. The molecule has 0 amide bonds. The Morgan fingerprint density at radius 3 is 2.22 bits per heavy atom. The van der Waals surface area contributed by atoms with Crippen molar-refractivity contribution < 1.29 is 5.11 Å². The maximum atomic E-state index is 10.8. The molecule has 1 unspecified atom stereocenters. The van der Waals surface area contributed by atoms with Gasteiger partial charge < -0.3 is 10.0 Å². The van der Waals surface area contributed by atoms with Gasteiger partial charge in [-0.1, -0.05) is 36.4 Å². The van der Waals surface area contributed by atoms with Crippen LogP contribution >= 0.6 is 0 Å². The predicted octanol–water partition coefficient (Wildman–Crippen LogP) is 3.78. The quantitative estimate of drug-likeness (QED) is 0.541. The Hall–Kier alpha value is -3.50. The van der Waals surface area contributed by atoms with Crippen LogP contribution in [0.4, 0.5) is 0 Å². The van der Waals surface area contributed by atoms with Gasteiger partial charge in [0, 0.05) is 37.9 Å². The molecule has 32 heavy (non-hydrogen) atoms. The van der Waals surface area contributed by atoms with E-state index < -0.39 is 6.23 Å². The maximum absolute atomic E-state index is 10.8. The number of likely N-dealkylation sites (N-methyl/N-ethyl adjacent to an activating group) is 1. The van der Waals surface area contributed by atoms with E-state index in [2.05, 4.69) is 56.7 Å². The van der Waals surface area contributed by atoms with Crippen molar-refractivity contribution in [3.63, 3.8) is 0 Å². The summed E-state index contributed by atoms with van der Waals surface area (Å²) in [5.41, 5.74) is 6.58. The van der Waals surface area contributed by atoms with Crippen LogP contribution < -0.4 is 0 Å². The van der Waals surface area contributed by atoms with Crippen LogP contribution in [0.15, 0.2) is 73.1 Å². The molecule has 0 aliphatic carbocycles. The number of hydrogen-bond donors (Lipinski definition) is 1. The first-order valence-corrected chi connectivity index (χ1v) is 10.8. The number of nitrogens with zero attached hydrogens (tertiary/aromatic N) is 5. The molecule has 1 atom stereocenters. The third-order valence-corrected chi connectivity index (χ3v) is 6.24. The highest BCUT2D eigenvalue weighted by atomic mass is 16.3. The van der Waals surface area contributed by atoms with Crippen LogP contribution in [0.3, 0.4) is 0 Å². The van der Waals surface area contributed by atoms with Crippen LogP contribution in [0, 0.1) is 11.3 Å². The molecule has 0 spiro atoms. The van der Waals surface area contributed by atoms with E-state index in [0.29, 0.717) is 5.56 Å². The SMILES string of the molecule is CN1CCN(C(O)c2ccc(-c3ccc4ncc(-c5ccc(C#N)cc5)n4c3)cc2)CC1. The fourth-order valence-corrected chi connectivity index (χ4v) is 4.21. The zero-order chi connectivity index (χ0) is 22.1. The summed E-state index contributed by atoms with van der Waals surface area (Å²) >= 11 is 0. The van der Waals surface area contributed by atoms with Crippen LogP contribution in [0.5, 0.6) is 0 Å². The highest BCUT2D eigenvalue weighted by Gasteiger charge is 2.21. The lowest BCUT2D eigenvalue weighted by atomic mass is 10.0. The van der Waals surface area contributed by atoms with E-state index in [0.717, 1.165) is 59.8 Å². The molecule has 0 radical (unpaired) electrons. The van der Waals surface area contributed by atoms with Gasteiger partial charge in [-0.2, -0.15) is 5.26 Å². The Balaban J connectivity index is 1.41. The van der Waals surface area contributed by atoms with Crippen LogP contribution in [0.2, 0.25) is 0 Å². The highest BCUT2D eigenvalue weighted by Crippen LogP contribution is 2.27. The van der Waals surface area contributed by atoms with E-state index in [-0.39, 0.29) is 0 Å². The number of aliphatic hydroxyl groups is 1. The Morgan fingerprint density at radius 2 is 1.53 bits per heavy atom. The Morgan fingerprint density at radius 1 is 0.875 bits per heavy atom. The Labute approximate surface area is 187 Å². The lowest BCUT2D eigenvalue weighted by Gasteiger charge is -2.35. The smallest absolute Gasteiger partial charge is 0.137 e. The van der Waals surface area contributed by atoms with Gasteiger partial charge in [0.15, 0.2) is 0 Å². The van der Waals surface area contributed by atoms with E-state index in [1.165, 1.54) is 0 Å². The minimum absolute atomic E-state index is 0.572. The summed E-state index contributed by atoms with van der Waals surface area (Å²) in [6.45, 7) is 3.69. The summed E-state index contributed by atoms with van der Waals surface area (Å²) in [5.74, 6) is 0. The number of benzene rings is 2. The van der Waals surface area contributed by atoms with Crippen molar-refractivity contribution in [2.24, 2.45) is 0 Å². The summed E-state index contributed by atoms with van der Waals surface area (Å²) in [6.07, 6.45) is 3.37. The Bertz CT molecular complexity index is 1260. The summed E-state index contributed by atoms with van der Waals surface area (Å²) in [4.78, 5) is 8.93. The number of rotatable bonds is 4. The number of imidazole rings is 1. The number of nitriles is 1. The zero-order valence-electron chi connectivity index (χ0n) is 18.0. The lowest BCUT2D eigenvalue weighted by molar-refractivity contribution is -0.0232. The number of fused-ring (bicyclic) bond motifs is 1. The van der Waals surface area contributed by atoms with Crippen molar-refractivity contribution in [3.05, 3.63) is 84.2 Å². The first-order valence-electron chi connectivity index (χ1n) is 10.8. The third kappa shape index (κ3) is 3.90. The van der Waals surface area contributed by atoms with Gasteiger partial charge in [-0.3, -0.25) is 9.30 Å². The average molecular weight is 424 g/mol. The molecule has 3 heterocycles. The molecule has 1 saturated heterocycles. The molecule has 2 aromatic carbocycles. The second-order valence-electron chi connectivity index (χ2n) is 8.31. The largest absolute Gasteiger partial charge is 0.374 e. The van der Waals surface area contributed by atoms with E-state index >= 15 is 0 Å². The van der Waals surface area contributed by atoms with Gasteiger partial charge in [-0.05, 0) is 48.0 Å². The molecular weight excluding hydrogens is 398 g/mol. The number of piperazine rings is 1. The van der Waals surface area contributed by atoms with Crippen molar-refractivity contribution in [1.82, 2.24) is 19.2 Å². The van der Waals surface area contributed by atoms with E-state index in [9.17, 15) is 5.11 Å². The van der Waals surface area contributed by atoms with E-state index in [1.54, 1.807) is 0 Å². The van der Waals surface area contributed by atoms with Crippen LogP contribution in [-0.4, -0.2) is 57.5 Å². The van der Waals surface area contributed by atoms with Crippen LogP contribution in [-0.2, 0) is 0 Å². The average Bonchev–Trinajstić information content (AvgIpc) is 3.27. The number of hydrogen-bond acceptors (Lipinski definition) is 5. The molecule has 1 fully saturated rings. The topological polar surface area (TPSA) is 67.8 Å². The van der Waals surface area contributed by atoms with Gasteiger partial charge in [0.25, 0.3) is 0 Å². The fraction of sp³-hybridized carbons (Fsp3) is 0.231. The van der Waals surface area contributed by atoms with Gasteiger partial charge in [0.2, 0.25) is 0 Å². The summed E-state index contributed by atoms with van der Waals surface area (Å²) < 4.78 is 2.07. The monoisotopic (exact) mass is 423 g/mol. The van der Waals surface area contributed by atoms with Crippen molar-refractivity contribution in [2.45, 2.75) is 6.23 Å². The molecule has 1 N–H and O–H groups in total. The van der Waals surface area contributed by atoms with Crippen molar-refractivity contribution in [2.75, 3.05) is 33.2 Å². The Kier molecular flexibility index (Phi) is 5.46. The summed E-state index contributed by atoms with van der Waals surface area (Å²) in [7, 11) is 2.11. The fourth-order valence-electron chi connectivity index (χ4n) is 4.21. The number of pyridine rings is 1. The molecule has 2 aromatic heterocycles. The zero-order valence-corrected chi connectivity index (χ0v) is 18.0. The molecular formula is C26H25N5O. The first-order chi connectivity index (χ1) is 15.6. The van der Waals surface area contributed by atoms with Gasteiger partial charge in [-0.25, -0.2) is 4.98 Å². The minimum atomic E-state index is -0.572. The molecule has 5 rings (SSSR count). The van der Waals surface area contributed by atoms with Crippen molar-refractivity contribution in [3.8, 4) is 28.5 Å². The van der Waals surface area contributed by atoms with Crippen molar-refractivity contribution in [1.29, 1.82) is 5.26 Å². The van der Waals surface area contributed by atoms with Gasteiger partial charge in [-0.15, -0.1) is 0 Å². The molecule has 160 valence electrons. The van der Waals surface area contributed by atoms with E-state index in [4.69, 9.17) is 5.26 Å². The molecule has 1 aliphatic heterocycles. The van der Waals surface area contributed by atoms with E-state index in [1.807, 2.05) is 48.7 Å². The maximum Gasteiger partial charge on any atom is 0.137 e. The van der Waals surface area contributed by atoms with Gasteiger partial charge >= 0.3 is 0 Å². The van der Waals surface area contributed by atoms with Crippen LogP contribution in [0.25, 0.3) is 28.0 Å². The highest BCUT2D eigenvalue weighted by molar-refractivity contribution is 5.69. The van der Waals surface area contributed by atoms with Gasteiger partial charge in [0.1, 0.15) is 11.9 Å². The summed E-state index contributed by atoms with van der Waals surface area (Å²) in [5, 5.41) is 19.8. The summed E-state index contributed by atoms with van der Waals surface area (Å²) in [6, 6.07) is 21.9. The molecule has 4 aromatic rings. The second kappa shape index (κ2) is 8.56. The molecule has 1 aliphatic rings. The standard InChI is InChI=1S/C26H25N5O/c1-29-12-14-30(15-13-29)26(32)22-8-6-20(7-9-22)23-10-11-25-28-17-24(31(25)18-23)21-4-2-19(16-27)3-5-21/h2-11,17-18,26,32H,12-15H2,1H3. The second-order valence-corrected chi connectivity index (χ2v) is 8.31. The molecule has 0 bridgehead atoms. The number of aliphatic hydroxyl groups excluding tert-OH is 1. The first kappa shape index (κ1) is 20.4. The molecule has 6 nitrogen and oxygen atoms in total. The predicted molar refractivity (Wildman–Crippen MR) is 125 cm³/mol. The lowest BCUT2D eigenvalue weighted by Crippen LogP contribution is -2.45. The number of aromatic nitrogens is 2.